The third kappa shape index (κ3) is 5.71. The van der Waals surface area contributed by atoms with E-state index in [0.29, 0.717) is 30.6 Å². The summed E-state index contributed by atoms with van der Waals surface area (Å²) >= 11 is 6.75. The van der Waals surface area contributed by atoms with E-state index in [4.69, 9.17) is 16.0 Å². The fourth-order valence-electron chi connectivity index (χ4n) is 5.63. The number of hydrogen-bond donors (Lipinski definition) is 4. The van der Waals surface area contributed by atoms with Crippen LogP contribution in [-0.2, 0) is 16.6 Å². The van der Waals surface area contributed by atoms with Crippen LogP contribution in [-0.4, -0.2) is 75.0 Å². The van der Waals surface area contributed by atoms with Gasteiger partial charge in [0, 0.05) is 47.8 Å². The van der Waals surface area contributed by atoms with Crippen molar-refractivity contribution in [2.45, 2.75) is 29.9 Å². The fourth-order valence-corrected chi connectivity index (χ4v) is 6.96. The molecule has 5 aromatic rings. The largest absolute Gasteiger partial charge is 0.507 e. The summed E-state index contributed by atoms with van der Waals surface area (Å²) in [6, 6.07) is 12.5. The molecule has 1 aliphatic heterocycles. The van der Waals surface area contributed by atoms with Crippen LogP contribution >= 0.6 is 11.6 Å². The number of likely N-dealkylation sites (N-methyl/N-ethyl adjacent to an activating group) is 1. The van der Waals surface area contributed by atoms with E-state index in [1.54, 1.807) is 18.2 Å². The number of phenols is 2. The highest BCUT2D eigenvalue weighted by Gasteiger charge is 2.33. The van der Waals surface area contributed by atoms with Crippen LogP contribution in [0.1, 0.15) is 33.8 Å². The molecule has 1 amide bonds. The number of phenolic OH excluding ortho intramolecular Hbond substituents is 2. The molecule has 0 saturated carbocycles. The minimum absolute atomic E-state index is 0.0169. The summed E-state index contributed by atoms with van der Waals surface area (Å²) in [5.41, 5.74) is 0.637. The van der Waals surface area contributed by atoms with Crippen molar-refractivity contribution < 1.29 is 32.9 Å². The molecule has 1 saturated heterocycles. The summed E-state index contributed by atoms with van der Waals surface area (Å²) in [5, 5.41) is 38.7. The van der Waals surface area contributed by atoms with Gasteiger partial charge < -0.3 is 30.0 Å². The smallest absolute Gasteiger partial charge is 0.284 e. The maximum Gasteiger partial charge on any atom is 0.284 e. The van der Waals surface area contributed by atoms with Gasteiger partial charge in [0.25, 0.3) is 15.9 Å². The van der Waals surface area contributed by atoms with E-state index in [-0.39, 0.29) is 50.1 Å². The van der Waals surface area contributed by atoms with E-state index in [0.717, 1.165) is 22.8 Å². The first-order chi connectivity index (χ1) is 22.0. The van der Waals surface area contributed by atoms with Crippen LogP contribution in [0.5, 0.6) is 11.5 Å². The van der Waals surface area contributed by atoms with Crippen molar-refractivity contribution in [2.24, 2.45) is 0 Å². The summed E-state index contributed by atoms with van der Waals surface area (Å²) in [4.78, 5) is 31.7. The number of carbonyl (C=O) groups excluding carboxylic acids is 1. The van der Waals surface area contributed by atoms with E-state index in [1.165, 1.54) is 30.3 Å². The van der Waals surface area contributed by atoms with Crippen molar-refractivity contribution in [2.75, 3.05) is 20.1 Å². The standard InChI is InChI=1S/C31H28ClN5O8S/c1-36-10-9-20(25(41)14-36)27-22(38)11-23(39)28-24(40)12-26(45-30(27)28)21-4-2-3-18(29(21)32)13-34-31(42)17-5-7-19(8-6-17)46(43,44)37-16-33-15-35-37/h2-8,11-12,15-16,20,25,38-39,41H,9-10,13-14H2,1H3,(H,34,42)/t20-,25-/m0/s1. The number of fused-ring (bicyclic) bond motifs is 1. The average molecular weight is 666 g/mol. The maximum atomic E-state index is 13.3. The van der Waals surface area contributed by atoms with Crippen molar-refractivity contribution in [3.05, 3.63) is 99.2 Å². The molecule has 0 spiro atoms. The number of aromatic nitrogens is 3. The third-order valence-electron chi connectivity index (χ3n) is 8.00. The van der Waals surface area contributed by atoms with Crippen LogP contribution in [0.4, 0.5) is 0 Å². The van der Waals surface area contributed by atoms with Gasteiger partial charge in [0.2, 0.25) is 0 Å². The second kappa shape index (κ2) is 12.2. The Morgan fingerprint density at radius 1 is 1.13 bits per heavy atom. The number of aliphatic hydroxyl groups excluding tert-OH is 1. The van der Waals surface area contributed by atoms with Gasteiger partial charge in [0.15, 0.2) is 5.43 Å². The molecule has 0 radical (unpaired) electrons. The average Bonchev–Trinajstić information content (AvgIpc) is 3.57. The van der Waals surface area contributed by atoms with Gasteiger partial charge in [-0.2, -0.15) is 8.42 Å². The number of carbonyl (C=O) groups is 1. The molecule has 0 bridgehead atoms. The van der Waals surface area contributed by atoms with Crippen molar-refractivity contribution >= 4 is 38.5 Å². The number of nitrogens with zero attached hydrogens (tertiary/aromatic N) is 4. The van der Waals surface area contributed by atoms with Gasteiger partial charge in [-0.25, -0.2) is 4.98 Å². The summed E-state index contributed by atoms with van der Waals surface area (Å²) in [5.74, 6) is -1.73. The van der Waals surface area contributed by atoms with Gasteiger partial charge in [-0.3, -0.25) is 9.59 Å². The van der Waals surface area contributed by atoms with Gasteiger partial charge in [0.05, 0.1) is 16.0 Å². The normalized spacial score (nSPS) is 17.3. The number of aliphatic hydroxyl groups is 1. The first-order valence-electron chi connectivity index (χ1n) is 14.1. The predicted molar refractivity (Wildman–Crippen MR) is 167 cm³/mol. The summed E-state index contributed by atoms with van der Waals surface area (Å²) in [7, 11) is -2.08. The van der Waals surface area contributed by atoms with Gasteiger partial charge in [-0.05, 0) is 55.9 Å². The molecular formula is C31H28ClN5O8S. The number of aromatic hydroxyl groups is 2. The van der Waals surface area contributed by atoms with Crippen molar-refractivity contribution in [3.63, 3.8) is 0 Å². The zero-order valence-corrected chi connectivity index (χ0v) is 25.9. The van der Waals surface area contributed by atoms with Crippen LogP contribution in [0.2, 0.25) is 5.02 Å². The monoisotopic (exact) mass is 665 g/mol. The second-order valence-corrected chi connectivity index (χ2v) is 13.2. The summed E-state index contributed by atoms with van der Waals surface area (Å²) in [6.45, 7) is 0.971. The Hall–Kier alpha value is -4.76. The lowest BCUT2D eigenvalue weighted by molar-refractivity contribution is 0.0630. The number of amides is 1. The fraction of sp³-hybridized carbons (Fsp3) is 0.226. The highest BCUT2D eigenvalue weighted by Crippen LogP contribution is 2.43. The van der Waals surface area contributed by atoms with Crippen LogP contribution in [0.15, 0.2) is 81.4 Å². The maximum absolute atomic E-state index is 13.3. The highest BCUT2D eigenvalue weighted by molar-refractivity contribution is 7.89. The Kier molecular flexibility index (Phi) is 8.29. The molecular weight excluding hydrogens is 638 g/mol. The van der Waals surface area contributed by atoms with Crippen LogP contribution in [0.3, 0.4) is 0 Å². The molecule has 238 valence electrons. The number of hydrogen-bond acceptors (Lipinski definition) is 11. The highest BCUT2D eigenvalue weighted by atomic mass is 35.5. The minimum Gasteiger partial charge on any atom is -0.507 e. The number of benzene rings is 3. The van der Waals surface area contributed by atoms with Crippen molar-refractivity contribution in [3.8, 4) is 22.8 Å². The van der Waals surface area contributed by atoms with E-state index in [9.17, 15) is 33.3 Å². The number of likely N-dealkylation sites (tertiary alicyclic amines) is 1. The van der Waals surface area contributed by atoms with E-state index >= 15 is 0 Å². The molecule has 0 unspecified atom stereocenters. The van der Waals surface area contributed by atoms with Gasteiger partial charge in [-0.1, -0.05) is 23.7 Å². The Balaban J connectivity index is 1.28. The molecule has 46 heavy (non-hydrogen) atoms. The predicted octanol–water partition coefficient (Wildman–Crippen LogP) is 3.06. The molecule has 1 fully saturated rings. The Labute approximate surface area is 267 Å². The number of β-amino-alcohol motifs (C(OH)–C–C–N with tert-alkyl or cyclic N) is 1. The zero-order valence-electron chi connectivity index (χ0n) is 24.3. The first-order valence-corrected chi connectivity index (χ1v) is 15.9. The van der Waals surface area contributed by atoms with Gasteiger partial charge in [0.1, 0.15) is 40.9 Å². The lowest BCUT2D eigenvalue weighted by Gasteiger charge is -2.34. The van der Waals surface area contributed by atoms with Gasteiger partial charge >= 0.3 is 0 Å². The molecule has 1 aliphatic rings. The SMILES string of the molecule is CN1CC[C@H](c2c(O)cc(O)c3c(=O)cc(-c4cccc(CNC(=O)c5ccc(S(=O)(=O)n6cncn6)cc5)c4Cl)oc23)[C@@H](O)C1. The van der Waals surface area contributed by atoms with Crippen LogP contribution < -0.4 is 10.7 Å². The molecule has 2 atom stereocenters. The van der Waals surface area contributed by atoms with E-state index < -0.39 is 39.1 Å². The van der Waals surface area contributed by atoms with Crippen LogP contribution in [0.25, 0.3) is 22.3 Å². The molecule has 13 nitrogen and oxygen atoms in total. The molecule has 6 rings (SSSR count). The van der Waals surface area contributed by atoms with E-state index in [1.807, 2.05) is 11.9 Å². The Morgan fingerprint density at radius 2 is 1.89 bits per heavy atom. The van der Waals surface area contributed by atoms with Gasteiger partial charge in [-0.15, -0.1) is 9.19 Å². The zero-order chi connectivity index (χ0) is 32.7. The number of nitrogens with one attached hydrogen (secondary N) is 1. The number of rotatable bonds is 7. The van der Waals surface area contributed by atoms with Crippen LogP contribution in [0, 0.1) is 0 Å². The number of halogens is 1. The lowest BCUT2D eigenvalue weighted by Crippen LogP contribution is -2.40. The molecule has 4 N–H and O–H groups in total. The molecule has 2 aromatic heterocycles. The topological polar surface area (TPSA) is 188 Å². The summed E-state index contributed by atoms with van der Waals surface area (Å²) < 4.78 is 32.1. The molecule has 3 heterocycles. The Bertz CT molecular complexity index is 2120. The second-order valence-electron chi connectivity index (χ2n) is 11.0. The number of piperidine rings is 1. The summed E-state index contributed by atoms with van der Waals surface area (Å²) in [6.07, 6.45) is 1.79. The first kappa shape index (κ1) is 31.2. The third-order valence-corrected chi connectivity index (χ3v) is 9.99. The molecule has 15 heteroatoms. The van der Waals surface area contributed by atoms with Crippen molar-refractivity contribution in [1.82, 2.24) is 24.4 Å². The minimum atomic E-state index is -3.95. The Morgan fingerprint density at radius 3 is 2.59 bits per heavy atom. The van der Waals surface area contributed by atoms with Crippen molar-refractivity contribution in [1.29, 1.82) is 0 Å². The quantitative estimate of drug-likeness (QED) is 0.200. The lowest BCUT2D eigenvalue weighted by atomic mass is 9.85. The molecule has 3 aromatic carbocycles. The molecule has 0 aliphatic carbocycles. The van der Waals surface area contributed by atoms with E-state index in [2.05, 4.69) is 15.4 Å².